The number of thiazole rings is 1. The van der Waals surface area contributed by atoms with E-state index < -0.39 is 31.4 Å². The van der Waals surface area contributed by atoms with E-state index in [2.05, 4.69) is 10.3 Å². The normalized spacial score (nSPS) is 16.6. The van der Waals surface area contributed by atoms with E-state index in [9.17, 15) is 9.59 Å². The molecule has 1 aromatic rings. The molecule has 0 aliphatic carbocycles. The van der Waals surface area contributed by atoms with Gasteiger partial charge in [-0.1, -0.05) is 83.5 Å². The van der Waals surface area contributed by atoms with Gasteiger partial charge in [0.15, 0.2) is 7.59 Å². The smallest absolute Gasteiger partial charge is 0.245 e. The quantitative estimate of drug-likeness (QED) is 0.411. The first-order valence-corrected chi connectivity index (χ1v) is 11.9. The summed E-state index contributed by atoms with van der Waals surface area (Å²) in [5.74, 6) is -1.82. The topological polar surface area (TPSA) is 62.3 Å². The Morgan fingerprint density at radius 1 is 1.10 bits per heavy atom. The maximum absolute atomic E-state index is 13.1. The van der Waals surface area contributed by atoms with Crippen molar-refractivity contribution in [3.8, 4) is 0 Å². The highest BCUT2D eigenvalue weighted by Gasteiger charge is 2.37. The van der Waals surface area contributed by atoms with Gasteiger partial charge in [0, 0.05) is 36.9 Å². The molecule has 29 heavy (non-hydrogen) atoms. The fourth-order valence-corrected chi connectivity index (χ4v) is 3.64. The molecule has 0 radical (unpaired) electrons. The van der Waals surface area contributed by atoms with Crippen LogP contribution in [0.3, 0.4) is 0 Å². The number of carbonyl (C=O) groups is 2. The van der Waals surface area contributed by atoms with Crippen molar-refractivity contribution in [3.63, 3.8) is 0 Å². The Bertz CT molecular complexity index is 678. The van der Waals surface area contributed by atoms with E-state index in [0.29, 0.717) is 0 Å². The largest absolute Gasteiger partial charge is 0.344 e. The first kappa shape index (κ1) is 27.3. The molecule has 1 unspecified atom stereocenters. The fourth-order valence-electron chi connectivity index (χ4n) is 2.40. The van der Waals surface area contributed by atoms with Gasteiger partial charge in [-0.25, -0.2) is 4.98 Å². The van der Waals surface area contributed by atoms with Crippen molar-refractivity contribution in [3.05, 3.63) is 16.6 Å². The van der Waals surface area contributed by atoms with Crippen molar-refractivity contribution < 1.29 is 9.59 Å². The number of nitrogens with one attached hydrogen (secondary N) is 1. The molecular weight excluding hydrogens is 523 g/mol. The lowest BCUT2D eigenvalue weighted by Gasteiger charge is -2.31. The maximum atomic E-state index is 13.1. The second-order valence-electron chi connectivity index (χ2n) is 6.94. The number of amides is 2. The number of hydrogen-bond donors (Lipinski definition) is 1. The highest BCUT2D eigenvalue weighted by molar-refractivity contribution is 7.09. The van der Waals surface area contributed by atoms with Crippen LogP contribution in [-0.4, -0.2) is 42.4 Å². The standard InChI is InChI=1S/C17H23Cl6N3O2S/c1-9(16(18,19)20)7-12(25-13(27)8-10(2)17(21,22)23)15(28)26(4)11(3)14-24-5-6-29-14/h5-6,9-12H,7-8H2,1-4H3,(H,25,27)/t9-,10-,11+,12?/m0/s1. The Balaban J connectivity index is 2.97. The second kappa shape index (κ2) is 11.3. The zero-order valence-electron chi connectivity index (χ0n) is 16.3. The molecule has 0 aliphatic heterocycles. The summed E-state index contributed by atoms with van der Waals surface area (Å²) < 4.78 is -3.19. The van der Waals surface area contributed by atoms with E-state index >= 15 is 0 Å². The molecule has 0 aliphatic rings. The lowest BCUT2D eigenvalue weighted by Crippen LogP contribution is -2.49. The number of aromatic nitrogens is 1. The summed E-state index contributed by atoms with van der Waals surface area (Å²) >= 11 is 36.9. The first-order valence-electron chi connectivity index (χ1n) is 8.73. The van der Waals surface area contributed by atoms with Crippen molar-refractivity contribution in [2.75, 3.05) is 7.05 Å². The van der Waals surface area contributed by atoms with Crippen LogP contribution in [0, 0.1) is 11.8 Å². The molecule has 5 nitrogen and oxygen atoms in total. The van der Waals surface area contributed by atoms with Gasteiger partial charge in [0.2, 0.25) is 11.8 Å². The molecule has 0 fully saturated rings. The van der Waals surface area contributed by atoms with Gasteiger partial charge in [-0.15, -0.1) is 11.3 Å². The number of nitrogens with zero attached hydrogens (tertiary/aromatic N) is 2. The SMILES string of the molecule is C[C@H](c1nccs1)N(C)C(=O)C(C[C@H](C)C(Cl)(Cl)Cl)NC(=O)C[C@H](C)C(Cl)(Cl)Cl. The number of halogens is 6. The van der Waals surface area contributed by atoms with Gasteiger partial charge in [-0.2, -0.15) is 0 Å². The first-order chi connectivity index (χ1) is 13.1. The molecule has 1 rings (SSSR count). The zero-order chi connectivity index (χ0) is 22.6. The minimum Gasteiger partial charge on any atom is -0.344 e. The number of alkyl halides is 6. The number of likely N-dealkylation sites (N-methyl/N-ethyl adjacent to an activating group) is 1. The Labute approximate surface area is 205 Å². The molecule has 4 atom stereocenters. The molecule has 12 heteroatoms. The van der Waals surface area contributed by atoms with E-state index in [0.717, 1.165) is 5.01 Å². The highest BCUT2D eigenvalue weighted by Crippen LogP contribution is 2.38. The molecule has 0 saturated heterocycles. The van der Waals surface area contributed by atoms with Gasteiger partial charge in [0.1, 0.15) is 11.0 Å². The summed E-state index contributed by atoms with van der Waals surface area (Å²) in [5.41, 5.74) is 0. The lowest BCUT2D eigenvalue weighted by molar-refractivity contribution is -0.137. The number of hydrogen-bond acceptors (Lipinski definition) is 4. The predicted molar refractivity (Wildman–Crippen MR) is 123 cm³/mol. The lowest BCUT2D eigenvalue weighted by atomic mass is 10.0. The Morgan fingerprint density at radius 2 is 1.66 bits per heavy atom. The van der Waals surface area contributed by atoms with Crippen LogP contribution < -0.4 is 5.32 Å². The molecule has 1 heterocycles. The van der Waals surface area contributed by atoms with Crippen LogP contribution in [-0.2, 0) is 9.59 Å². The summed E-state index contributed by atoms with van der Waals surface area (Å²) in [6.07, 6.45) is 1.71. The molecule has 0 saturated carbocycles. The van der Waals surface area contributed by atoms with Gasteiger partial charge >= 0.3 is 0 Å². The summed E-state index contributed by atoms with van der Waals surface area (Å²) in [7, 11) is 1.64. The molecule has 1 aromatic heterocycles. The molecule has 166 valence electrons. The molecule has 0 bridgehead atoms. The van der Waals surface area contributed by atoms with Gasteiger partial charge in [-0.05, 0) is 13.3 Å². The monoisotopic (exact) mass is 543 g/mol. The fraction of sp³-hybridized carbons (Fsp3) is 0.706. The third-order valence-electron chi connectivity index (χ3n) is 4.57. The minimum absolute atomic E-state index is 0.0752. The van der Waals surface area contributed by atoms with E-state index in [1.54, 1.807) is 27.1 Å². The zero-order valence-corrected chi connectivity index (χ0v) is 21.6. The molecular formula is C17H23Cl6N3O2S. The molecule has 1 N–H and O–H groups in total. The Morgan fingerprint density at radius 3 is 2.10 bits per heavy atom. The van der Waals surface area contributed by atoms with E-state index in [-0.39, 0.29) is 24.8 Å². The van der Waals surface area contributed by atoms with Crippen LogP contribution in [0.2, 0.25) is 0 Å². The van der Waals surface area contributed by atoms with Crippen LogP contribution in [0.5, 0.6) is 0 Å². The van der Waals surface area contributed by atoms with E-state index in [1.807, 2.05) is 12.3 Å². The van der Waals surface area contributed by atoms with Gasteiger partial charge in [0.05, 0.1) is 6.04 Å². The average Bonchev–Trinajstić information content (AvgIpc) is 3.11. The number of rotatable bonds is 8. The van der Waals surface area contributed by atoms with Crippen molar-refractivity contribution in [1.29, 1.82) is 0 Å². The maximum Gasteiger partial charge on any atom is 0.245 e. The minimum atomic E-state index is -1.60. The van der Waals surface area contributed by atoms with Crippen molar-refractivity contribution >= 4 is 92.8 Å². The Kier molecular flexibility index (Phi) is 10.6. The number of carbonyl (C=O) groups excluding carboxylic acids is 2. The van der Waals surface area contributed by atoms with Gasteiger partial charge in [0.25, 0.3) is 0 Å². The average molecular weight is 546 g/mol. The van der Waals surface area contributed by atoms with Crippen molar-refractivity contribution in [1.82, 2.24) is 15.2 Å². The van der Waals surface area contributed by atoms with Gasteiger partial charge < -0.3 is 10.2 Å². The third kappa shape index (κ3) is 8.76. The van der Waals surface area contributed by atoms with Crippen molar-refractivity contribution in [2.24, 2.45) is 11.8 Å². The second-order valence-corrected chi connectivity index (χ2v) is 12.6. The van der Waals surface area contributed by atoms with E-state index in [4.69, 9.17) is 69.6 Å². The summed E-state index contributed by atoms with van der Waals surface area (Å²) in [6, 6.07) is -1.20. The molecule has 0 aromatic carbocycles. The molecule has 2 amide bonds. The van der Waals surface area contributed by atoms with Crippen LogP contribution in [0.4, 0.5) is 0 Å². The highest BCUT2D eigenvalue weighted by atomic mass is 35.6. The summed E-state index contributed by atoms with van der Waals surface area (Å²) in [6.45, 7) is 5.16. The third-order valence-corrected chi connectivity index (χ3v) is 7.75. The van der Waals surface area contributed by atoms with Crippen molar-refractivity contribution in [2.45, 2.75) is 53.3 Å². The summed E-state index contributed by atoms with van der Waals surface area (Å²) in [4.78, 5) is 31.4. The molecule has 0 spiro atoms. The van der Waals surface area contributed by atoms with E-state index in [1.165, 1.54) is 16.2 Å². The van der Waals surface area contributed by atoms with Crippen LogP contribution in [0.15, 0.2) is 11.6 Å². The Hall–Kier alpha value is 0.310. The van der Waals surface area contributed by atoms with Gasteiger partial charge in [-0.3, -0.25) is 9.59 Å². The van der Waals surface area contributed by atoms with Crippen LogP contribution >= 0.6 is 80.9 Å². The summed E-state index contributed by atoms with van der Waals surface area (Å²) in [5, 5.41) is 5.30. The predicted octanol–water partition coefficient (Wildman–Crippen LogP) is 5.94. The van der Waals surface area contributed by atoms with Crippen LogP contribution in [0.1, 0.15) is 44.7 Å². The van der Waals surface area contributed by atoms with Crippen LogP contribution in [0.25, 0.3) is 0 Å².